The molecule has 0 amide bonds. The average molecular weight is 432 g/mol. The summed E-state index contributed by atoms with van der Waals surface area (Å²) in [7, 11) is 0. The van der Waals surface area contributed by atoms with Gasteiger partial charge >= 0.3 is 0 Å². The standard InChI is InChI=1S/C30H29N3/c1-22-12-10-17-25-18-11-19-27(28(25)23(2)20-22)30(32-21-24-13-6-4-7-14-24)33-29(31-3)26-15-8-5-9-16-26/h4-9,11,13-16,18-20H,2-3,10,12,17,21H2,1H3/b22-20-,32-30-,33-29-. The van der Waals surface area contributed by atoms with Crippen molar-refractivity contribution in [2.24, 2.45) is 15.0 Å². The molecule has 3 heteroatoms. The molecule has 0 heterocycles. The highest BCUT2D eigenvalue weighted by molar-refractivity contribution is 6.14. The van der Waals surface area contributed by atoms with Crippen LogP contribution in [0.1, 0.15) is 47.6 Å². The number of aryl methyl sites for hydroxylation is 1. The molecule has 0 radical (unpaired) electrons. The van der Waals surface area contributed by atoms with Gasteiger partial charge in [0.05, 0.1) is 6.54 Å². The van der Waals surface area contributed by atoms with E-state index in [2.05, 4.69) is 61.6 Å². The van der Waals surface area contributed by atoms with Crippen molar-refractivity contribution in [3.8, 4) is 0 Å². The Morgan fingerprint density at radius 3 is 2.30 bits per heavy atom. The summed E-state index contributed by atoms with van der Waals surface area (Å²) in [5.74, 6) is 1.21. The van der Waals surface area contributed by atoms with Gasteiger partial charge < -0.3 is 0 Å². The molecule has 33 heavy (non-hydrogen) atoms. The molecular weight excluding hydrogens is 402 g/mol. The normalized spacial score (nSPS) is 16.3. The Hall–Kier alpha value is -3.85. The maximum Gasteiger partial charge on any atom is 0.161 e. The van der Waals surface area contributed by atoms with Crippen molar-refractivity contribution in [1.29, 1.82) is 0 Å². The van der Waals surface area contributed by atoms with E-state index in [9.17, 15) is 0 Å². The minimum absolute atomic E-state index is 0.532. The Balaban J connectivity index is 1.87. The van der Waals surface area contributed by atoms with E-state index in [1.54, 1.807) is 0 Å². The van der Waals surface area contributed by atoms with Crippen LogP contribution < -0.4 is 0 Å². The Kier molecular flexibility index (Phi) is 7.21. The summed E-state index contributed by atoms with van der Waals surface area (Å²) in [4.78, 5) is 14.2. The number of benzene rings is 3. The zero-order valence-electron chi connectivity index (χ0n) is 19.2. The molecular formula is C30H29N3. The first kappa shape index (κ1) is 22.3. The van der Waals surface area contributed by atoms with Crippen LogP contribution in [0, 0.1) is 0 Å². The third-order valence-electron chi connectivity index (χ3n) is 5.80. The molecule has 0 fully saturated rings. The lowest BCUT2D eigenvalue weighted by Crippen LogP contribution is -2.10. The van der Waals surface area contributed by atoms with Crippen LogP contribution in [0.15, 0.2) is 112 Å². The van der Waals surface area contributed by atoms with Crippen LogP contribution in [0.4, 0.5) is 0 Å². The lowest BCUT2D eigenvalue weighted by atomic mass is 9.88. The summed E-state index contributed by atoms with van der Waals surface area (Å²) in [6, 6.07) is 26.5. The summed E-state index contributed by atoms with van der Waals surface area (Å²) in [6.07, 6.45) is 5.42. The minimum Gasteiger partial charge on any atom is -0.261 e. The van der Waals surface area contributed by atoms with Gasteiger partial charge in [-0.05, 0) is 55.2 Å². The fourth-order valence-electron chi connectivity index (χ4n) is 4.18. The fourth-order valence-corrected chi connectivity index (χ4v) is 4.18. The molecule has 1 aliphatic rings. The molecule has 0 N–H and O–H groups in total. The molecule has 0 atom stereocenters. The number of rotatable bonds is 4. The zero-order valence-corrected chi connectivity index (χ0v) is 19.2. The van der Waals surface area contributed by atoms with E-state index in [4.69, 9.17) is 9.98 Å². The van der Waals surface area contributed by atoms with E-state index in [0.29, 0.717) is 18.2 Å². The van der Waals surface area contributed by atoms with E-state index in [1.165, 1.54) is 11.1 Å². The van der Waals surface area contributed by atoms with Crippen molar-refractivity contribution < 1.29 is 0 Å². The lowest BCUT2D eigenvalue weighted by Gasteiger charge is -2.19. The average Bonchev–Trinajstić information content (AvgIpc) is 2.84. The highest BCUT2D eigenvalue weighted by atomic mass is 15.0. The van der Waals surface area contributed by atoms with Gasteiger partial charge in [-0.15, -0.1) is 0 Å². The molecule has 1 aliphatic carbocycles. The van der Waals surface area contributed by atoms with Crippen molar-refractivity contribution >= 4 is 24.0 Å². The van der Waals surface area contributed by atoms with E-state index in [-0.39, 0.29) is 0 Å². The molecule has 0 aromatic heterocycles. The molecule has 0 spiro atoms. The quantitative estimate of drug-likeness (QED) is 0.313. The summed E-state index contributed by atoms with van der Waals surface area (Å²) >= 11 is 0. The van der Waals surface area contributed by atoms with Gasteiger partial charge in [0.2, 0.25) is 0 Å². The van der Waals surface area contributed by atoms with Gasteiger partial charge in [0.25, 0.3) is 0 Å². The van der Waals surface area contributed by atoms with Crippen molar-refractivity contribution in [2.75, 3.05) is 0 Å². The van der Waals surface area contributed by atoms with Gasteiger partial charge in [0.15, 0.2) is 11.7 Å². The molecule has 0 aliphatic heterocycles. The van der Waals surface area contributed by atoms with Crippen LogP contribution in [0.3, 0.4) is 0 Å². The number of aliphatic imine (C=N–C) groups is 3. The first-order chi connectivity index (χ1) is 16.2. The molecule has 3 aromatic rings. The number of amidine groups is 2. The lowest BCUT2D eigenvalue weighted by molar-refractivity contribution is 0.806. The van der Waals surface area contributed by atoms with Gasteiger partial charge in [0.1, 0.15) is 0 Å². The van der Waals surface area contributed by atoms with Gasteiger partial charge in [0, 0.05) is 11.1 Å². The molecule has 4 rings (SSSR count). The minimum atomic E-state index is 0.532. The SMILES string of the molecule is C=N/C(=N\C(=N/Cc1ccccc1)c1cccc2c1C(=C)/C=C(/C)CCC2)c1ccccc1. The monoisotopic (exact) mass is 431 g/mol. The van der Waals surface area contributed by atoms with Crippen LogP contribution in [0.25, 0.3) is 5.57 Å². The Bertz CT molecular complexity index is 1230. The van der Waals surface area contributed by atoms with Crippen molar-refractivity contribution in [3.05, 3.63) is 125 Å². The fraction of sp³-hybridized carbons (Fsp3) is 0.167. The van der Waals surface area contributed by atoms with Crippen LogP contribution in [-0.4, -0.2) is 18.4 Å². The van der Waals surface area contributed by atoms with Gasteiger partial charge in [-0.25, -0.2) is 9.98 Å². The number of hydrogen-bond donors (Lipinski definition) is 0. The molecule has 164 valence electrons. The molecule has 3 nitrogen and oxygen atoms in total. The van der Waals surface area contributed by atoms with Crippen LogP contribution in [-0.2, 0) is 13.0 Å². The van der Waals surface area contributed by atoms with Crippen LogP contribution >= 0.6 is 0 Å². The van der Waals surface area contributed by atoms with Gasteiger partial charge in [-0.3, -0.25) is 4.99 Å². The van der Waals surface area contributed by atoms with Crippen molar-refractivity contribution in [3.63, 3.8) is 0 Å². The smallest absolute Gasteiger partial charge is 0.161 e. The Morgan fingerprint density at radius 2 is 1.58 bits per heavy atom. The summed E-state index contributed by atoms with van der Waals surface area (Å²) in [6.45, 7) is 10.9. The molecule has 3 aromatic carbocycles. The van der Waals surface area contributed by atoms with Crippen LogP contribution in [0.2, 0.25) is 0 Å². The molecule has 0 bridgehead atoms. The van der Waals surface area contributed by atoms with Gasteiger partial charge in [-0.2, -0.15) is 0 Å². The van der Waals surface area contributed by atoms with E-state index in [1.807, 2.05) is 48.5 Å². The van der Waals surface area contributed by atoms with E-state index < -0.39 is 0 Å². The molecule has 0 saturated carbocycles. The first-order valence-corrected chi connectivity index (χ1v) is 11.3. The Morgan fingerprint density at radius 1 is 0.848 bits per heavy atom. The number of nitrogens with zero attached hydrogens (tertiary/aromatic N) is 3. The second kappa shape index (κ2) is 10.6. The third kappa shape index (κ3) is 5.50. The highest BCUT2D eigenvalue weighted by Gasteiger charge is 2.17. The summed E-state index contributed by atoms with van der Waals surface area (Å²) in [5, 5.41) is 0. The van der Waals surface area contributed by atoms with E-state index >= 15 is 0 Å². The number of fused-ring (bicyclic) bond motifs is 1. The zero-order chi connectivity index (χ0) is 23.0. The third-order valence-corrected chi connectivity index (χ3v) is 5.80. The maximum absolute atomic E-state index is 4.97. The first-order valence-electron chi connectivity index (χ1n) is 11.3. The van der Waals surface area contributed by atoms with Crippen LogP contribution in [0.5, 0.6) is 0 Å². The summed E-state index contributed by atoms with van der Waals surface area (Å²) < 4.78 is 0. The maximum atomic E-state index is 4.97. The number of hydrogen-bond acceptors (Lipinski definition) is 1. The second-order valence-electron chi connectivity index (χ2n) is 8.29. The molecule has 0 unspecified atom stereocenters. The topological polar surface area (TPSA) is 37.1 Å². The largest absolute Gasteiger partial charge is 0.261 e. The predicted octanol–water partition coefficient (Wildman–Crippen LogP) is 7.08. The van der Waals surface area contributed by atoms with E-state index in [0.717, 1.165) is 47.1 Å². The van der Waals surface area contributed by atoms with Crippen molar-refractivity contribution in [1.82, 2.24) is 0 Å². The predicted molar refractivity (Wildman–Crippen MR) is 141 cm³/mol. The highest BCUT2D eigenvalue weighted by Crippen LogP contribution is 2.30. The van der Waals surface area contributed by atoms with Gasteiger partial charge in [-0.1, -0.05) is 97.1 Å². The summed E-state index contributed by atoms with van der Waals surface area (Å²) in [5.41, 5.74) is 7.80. The second-order valence-corrected chi connectivity index (χ2v) is 8.29. The Labute approximate surface area is 196 Å². The molecule has 0 saturated heterocycles. The number of allylic oxidation sites excluding steroid dienone is 3. The van der Waals surface area contributed by atoms with Crippen molar-refractivity contribution in [2.45, 2.75) is 32.7 Å².